The van der Waals surface area contributed by atoms with Gasteiger partial charge in [0.1, 0.15) is 5.60 Å². The Kier molecular flexibility index (Phi) is 8.83. The van der Waals surface area contributed by atoms with Gasteiger partial charge in [-0.15, -0.1) is 5.73 Å². The van der Waals surface area contributed by atoms with Crippen LogP contribution < -0.4 is 0 Å². The van der Waals surface area contributed by atoms with Crippen LogP contribution in [0.5, 0.6) is 0 Å². The Morgan fingerprint density at radius 3 is 2.37 bits per heavy atom. The minimum Gasteiger partial charge on any atom is -0.462 e. The first-order chi connectivity index (χ1) is 12.6. The second-order valence-electron chi connectivity index (χ2n) is 7.75. The second kappa shape index (κ2) is 10.6. The number of nitrogens with zero attached hydrogens (tertiary/aromatic N) is 1. The molecule has 0 bridgehead atoms. The normalized spacial score (nSPS) is 10.8. The molecule has 0 saturated carbocycles. The highest BCUT2D eigenvalue weighted by atomic mass is 16.6. The van der Waals surface area contributed by atoms with Gasteiger partial charge in [0.2, 0.25) is 0 Å². The van der Waals surface area contributed by atoms with Crippen molar-refractivity contribution >= 4 is 12.1 Å². The molecule has 27 heavy (non-hydrogen) atoms. The Hall–Kier alpha value is -2.52. The topological polar surface area (TPSA) is 55.8 Å². The van der Waals surface area contributed by atoms with E-state index in [1.54, 1.807) is 31.3 Å². The van der Waals surface area contributed by atoms with E-state index in [0.717, 1.165) is 5.57 Å². The molecule has 1 rings (SSSR count). The van der Waals surface area contributed by atoms with E-state index in [1.807, 2.05) is 32.9 Å². The second-order valence-corrected chi connectivity index (χ2v) is 7.75. The Morgan fingerprint density at radius 2 is 1.81 bits per heavy atom. The van der Waals surface area contributed by atoms with Crippen molar-refractivity contribution in [3.8, 4) is 0 Å². The van der Waals surface area contributed by atoms with Crippen molar-refractivity contribution in [1.82, 2.24) is 4.90 Å². The summed E-state index contributed by atoms with van der Waals surface area (Å²) in [5.41, 5.74) is 4.08. The van der Waals surface area contributed by atoms with Crippen LogP contribution in [0, 0.1) is 5.92 Å². The zero-order chi connectivity index (χ0) is 20.4. The van der Waals surface area contributed by atoms with Crippen LogP contribution in [-0.2, 0) is 9.47 Å². The fraction of sp³-hybridized carbons (Fsp3) is 0.500. The van der Waals surface area contributed by atoms with Gasteiger partial charge < -0.3 is 14.4 Å². The number of esters is 1. The van der Waals surface area contributed by atoms with Gasteiger partial charge in [0, 0.05) is 13.5 Å². The summed E-state index contributed by atoms with van der Waals surface area (Å²) in [7, 11) is 1.68. The van der Waals surface area contributed by atoms with E-state index in [-0.39, 0.29) is 12.6 Å². The number of amides is 1. The predicted octanol–water partition coefficient (Wildman–Crippen LogP) is 4.84. The SMILES string of the molecule is CC(C)C=C=C(CCOC(=O)c1ccccc1)CN(C)C(=O)OC(C)(C)C. The van der Waals surface area contributed by atoms with Crippen LogP contribution in [0.3, 0.4) is 0 Å². The largest absolute Gasteiger partial charge is 0.462 e. The molecule has 0 saturated heterocycles. The molecule has 0 fully saturated rings. The Balaban J connectivity index is 2.68. The average molecular weight is 373 g/mol. The number of rotatable bonds is 7. The number of likely N-dealkylation sites (N-methyl/N-ethyl adjacent to an activating group) is 1. The lowest BCUT2D eigenvalue weighted by molar-refractivity contribution is 0.0307. The van der Waals surface area contributed by atoms with Gasteiger partial charge in [-0.3, -0.25) is 0 Å². The molecule has 5 nitrogen and oxygen atoms in total. The zero-order valence-electron chi connectivity index (χ0n) is 17.2. The lowest BCUT2D eigenvalue weighted by Gasteiger charge is -2.25. The molecule has 0 heterocycles. The summed E-state index contributed by atoms with van der Waals surface area (Å²) in [5.74, 6) is -0.0259. The van der Waals surface area contributed by atoms with Crippen molar-refractivity contribution in [2.45, 2.75) is 46.6 Å². The quantitative estimate of drug-likeness (QED) is 0.507. The van der Waals surface area contributed by atoms with Crippen LogP contribution in [0.1, 0.15) is 51.4 Å². The number of ether oxygens (including phenoxy) is 2. The number of carbonyl (C=O) groups is 2. The minimum absolute atomic E-state index is 0.226. The highest BCUT2D eigenvalue weighted by molar-refractivity contribution is 5.89. The number of hydrogen-bond donors (Lipinski definition) is 0. The molecule has 0 aromatic heterocycles. The first-order valence-electron chi connectivity index (χ1n) is 9.19. The summed E-state index contributed by atoms with van der Waals surface area (Å²) in [6.07, 6.45) is 2.04. The van der Waals surface area contributed by atoms with Crippen molar-refractivity contribution in [1.29, 1.82) is 0 Å². The summed E-state index contributed by atoms with van der Waals surface area (Å²) in [4.78, 5) is 25.7. The van der Waals surface area contributed by atoms with Gasteiger partial charge in [0.15, 0.2) is 0 Å². The van der Waals surface area contributed by atoms with Crippen LogP contribution >= 0.6 is 0 Å². The molecule has 1 amide bonds. The van der Waals surface area contributed by atoms with Crippen molar-refractivity contribution in [2.24, 2.45) is 5.92 Å². The zero-order valence-corrected chi connectivity index (χ0v) is 17.2. The molecule has 1 aromatic carbocycles. The summed E-state index contributed by atoms with van der Waals surface area (Å²) in [5, 5.41) is 0. The number of hydrogen-bond acceptors (Lipinski definition) is 4. The maximum absolute atomic E-state index is 12.2. The van der Waals surface area contributed by atoms with E-state index >= 15 is 0 Å². The highest BCUT2D eigenvalue weighted by Crippen LogP contribution is 2.12. The summed E-state index contributed by atoms with van der Waals surface area (Å²) in [6.45, 7) is 10.2. The molecule has 0 N–H and O–H groups in total. The molecule has 0 aliphatic rings. The molecule has 148 valence electrons. The van der Waals surface area contributed by atoms with Gasteiger partial charge >= 0.3 is 12.1 Å². The molecule has 0 aliphatic carbocycles. The van der Waals surface area contributed by atoms with Crippen LogP contribution in [0.25, 0.3) is 0 Å². The van der Waals surface area contributed by atoms with Gasteiger partial charge in [-0.1, -0.05) is 32.0 Å². The molecule has 5 heteroatoms. The Bertz CT molecular complexity index is 680. The first kappa shape index (κ1) is 22.5. The molecule has 1 aromatic rings. The molecule has 0 spiro atoms. The van der Waals surface area contributed by atoms with Crippen molar-refractivity contribution in [3.63, 3.8) is 0 Å². The number of benzene rings is 1. The molecule has 0 unspecified atom stereocenters. The predicted molar refractivity (Wildman–Crippen MR) is 107 cm³/mol. The van der Waals surface area contributed by atoms with E-state index in [2.05, 4.69) is 19.6 Å². The van der Waals surface area contributed by atoms with Crippen molar-refractivity contribution in [2.75, 3.05) is 20.2 Å². The van der Waals surface area contributed by atoms with Gasteiger partial charge in [-0.05, 0) is 50.5 Å². The van der Waals surface area contributed by atoms with Crippen molar-refractivity contribution < 1.29 is 19.1 Å². The van der Waals surface area contributed by atoms with Crippen LogP contribution in [0.15, 0.2) is 47.7 Å². The minimum atomic E-state index is -0.547. The summed E-state index contributed by atoms with van der Waals surface area (Å²) >= 11 is 0. The van der Waals surface area contributed by atoms with Crippen LogP contribution in [-0.4, -0.2) is 42.8 Å². The fourth-order valence-electron chi connectivity index (χ4n) is 2.10. The first-order valence-corrected chi connectivity index (χ1v) is 9.19. The van der Waals surface area contributed by atoms with Gasteiger partial charge in [-0.25, -0.2) is 9.59 Å². The lowest BCUT2D eigenvalue weighted by Crippen LogP contribution is -2.35. The smallest absolute Gasteiger partial charge is 0.410 e. The standard InChI is InChI=1S/C22H31NO4/c1-17(2)12-13-18(16-23(6)21(25)27-22(3,4)5)14-15-26-20(24)19-10-8-7-9-11-19/h7-12,17H,14-16H2,1-6H3. The van der Waals surface area contributed by atoms with Crippen LogP contribution in [0.4, 0.5) is 4.79 Å². The third kappa shape index (κ3) is 9.66. The van der Waals surface area contributed by atoms with E-state index in [1.165, 1.54) is 4.90 Å². The fourth-order valence-corrected chi connectivity index (χ4v) is 2.10. The van der Waals surface area contributed by atoms with E-state index in [4.69, 9.17) is 9.47 Å². The molecule has 0 atom stereocenters. The maximum Gasteiger partial charge on any atom is 0.410 e. The van der Waals surface area contributed by atoms with Crippen molar-refractivity contribution in [3.05, 3.63) is 53.3 Å². The monoisotopic (exact) mass is 373 g/mol. The molecular weight excluding hydrogens is 342 g/mol. The lowest BCUT2D eigenvalue weighted by atomic mass is 10.1. The van der Waals surface area contributed by atoms with E-state index < -0.39 is 11.7 Å². The summed E-state index contributed by atoms with van der Waals surface area (Å²) in [6, 6.07) is 8.87. The third-order valence-electron chi connectivity index (χ3n) is 3.40. The van der Waals surface area contributed by atoms with Gasteiger partial charge in [-0.2, -0.15) is 0 Å². The highest BCUT2D eigenvalue weighted by Gasteiger charge is 2.20. The van der Waals surface area contributed by atoms with Gasteiger partial charge in [0.25, 0.3) is 0 Å². The van der Waals surface area contributed by atoms with E-state index in [0.29, 0.717) is 24.4 Å². The molecular formula is C22H31NO4. The Morgan fingerprint density at radius 1 is 1.19 bits per heavy atom. The third-order valence-corrected chi connectivity index (χ3v) is 3.40. The number of carbonyl (C=O) groups excluding carboxylic acids is 2. The average Bonchev–Trinajstić information content (AvgIpc) is 2.58. The van der Waals surface area contributed by atoms with Crippen LogP contribution in [0.2, 0.25) is 0 Å². The molecule has 0 radical (unpaired) electrons. The summed E-state index contributed by atoms with van der Waals surface area (Å²) < 4.78 is 10.7. The Labute approximate surface area is 162 Å². The van der Waals surface area contributed by atoms with E-state index in [9.17, 15) is 9.59 Å². The van der Waals surface area contributed by atoms with Gasteiger partial charge in [0.05, 0.1) is 18.7 Å². The molecule has 0 aliphatic heterocycles. The maximum atomic E-state index is 12.2.